The van der Waals surface area contributed by atoms with Crippen LogP contribution < -0.4 is 10.1 Å². The molecule has 114 valence electrons. The summed E-state index contributed by atoms with van der Waals surface area (Å²) < 4.78 is 66.6. The van der Waals surface area contributed by atoms with Gasteiger partial charge in [-0.05, 0) is 44.5 Å². The molecule has 0 saturated carbocycles. The molecule has 1 atom stereocenters. The summed E-state index contributed by atoms with van der Waals surface area (Å²) in [4.78, 5) is 0. The normalized spacial score (nSPS) is 15.2. The molecule has 0 aliphatic rings. The molecule has 7 heteroatoms. The standard InChI is InChI=1S/C13H16F5NO/c1-12(19-2,13(16,17)18)8-7-9-3-5-10(6-4-9)20-11(14)15/h3-6,11,19H,7-8H2,1-2H3. The van der Waals surface area contributed by atoms with Gasteiger partial charge in [-0.3, -0.25) is 0 Å². The highest BCUT2D eigenvalue weighted by molar-refractivity contribution is 5.27. The van der Waals surface area contributed by atoms with Crippen molar-refractivity contribution in [3.05, 3.63) is 29.8 Å². The third-order valence-corrected chi connectivity index (χ3v) is 3.24. The molecule has 0 amide bonds. The number of rotatable bonds is 6. The molecule has 1 aromatic carbocycles. The lowest BCUT2D eigenvalue weighted by Crippen LogP contribution is -2.53. The van der Waals surface area contributed by atoms with Gasteiger partial charge in [0.2, 0.25) is 0 Å². The van der Waals surface area contributed by atoms with Crippen molar-refractivity contribution in [2.75, 3.05) is 7.05 Å². The van der Waals surface area contributed by atoms with E-state index in [9.17, 15) is 22.0 Å². The number of hydrogen-bond acceptors (Lipinski definition) is 2. The average molecular weight is 297 g/mol. The van der Waals surface area contributed by atoms with Gasteiger partial charge in [0.25, 0.3) is 0 Å². The molecule has 0 aliphatic carbocycles. The van der Waals surface area contributed by atoms with Gasteiger partial charge < -0.3 is 10.1 Å². The van der Waals surface area contributed by atoms with Gasteiger partial charge in [0.15, 0.2) is 0 Å². The van der Waals surface area contributed by atoms with E-state index in [2.05, 4.69) is 10.1 Å². The van der Waals surface area contributed by atoms with Crippen LogP contribution in [0.3, 0.4) is 0 Å². The molecule has 2 nitrogen and oxygen atoms in total. The Morgan fingerprint density at radius 2 is 1.70 bits per heavy atom. The van der Waals surface area contributed by atoms with E-state index in [-0.39, 0.29) is 18.6 Å². The van der Waals surface area contributed by atoms with Gasteiger partial charge >= 0.3 is 12.8 Å². The molecule has 0 fully saturated rings. The second-order valence-corrected chi connectivity index (χ2v) is 4.60. The number of benzene rings is 1. The Labute approximate surface area is 113 Å². The maximum Gasteiger partial charge on any atom is 0.406 e. The Morgan fingerprint density at radius 1 is 1.15 bits per heavy atom. The minimum absolute atomic E-state index is 0.0176. The molecular formula is C13H16F5NO. The van der Waals surface area contributed by atoms with Crippen LogP contribution in [0, 0.1) is 0 Å². The fourth-order valence-corrected chi connectivity index (χ4v) is 1.64. The van der Waals surface area contributed by atoms with Crippen LogP contribution in [-0.4, -0.2) is 25.4 Å². The van der Waals surface area contributed by atoms with Gasteiger partial charge in [0, 0.05) is 0 Å². The third-order valence-electron chi connectivity index (χ3n) is 3.24. The number of alkyl halides is 5. The summed E-state index contributed by atoms with van der Waals surface area (Å²) in [6.07, 6.45) is -4.34. The van der Waals surface area contributed by atoms with Crippen LogP contribution in [0.4, 0.5) is 22.0 Å². The summed E-state index contributed by atoms with van der Waals surface area (Å²) >= 11 is 0. The predicted molar refractivity (Wildman–Crippen MR) is 64.9 cm³/mol. The molecule has 1 unspecified atom stereocenters. The van der Waals surface area contributed by atoms with Crippen molar-refractivity contribution in [2.24, 2.45) is 0 Å². The highest BCUT2D eigenvalue weighted by Gasteiger charge is 2.49. The molecule has 0 heterocycles. The Hall–Kier alpha value is -1.37. The van der Waals surface area contributed by atoms with Crippen LogP contribution in [0.1, 0.15) is 18.9 Å². The van der Waals surface area contributed by atoms with E-state index < -0.39 is 18.3 Å². The minimum atomic E-state index is -4.36. The first-order valence-electron chi connectivity index (χ1n) is 5.97. The van der Waals surface area contributed by atoms with Gasteiger partial charge in [-0.2, -0.15) is 22.0 Å². The van der Waals surface area contributed by atoms with Crippen LogP contribution in [0.5, 0.6) is 5.75 Å². The highest BCUT2D eigenvalue weighted by Crippen LogP contribution is 2.33. The largest absolute Gasteiger partial charge is 0.435 e. The molecule has 1 rings (SSSR count). The third kappa shape index (κ3) is 4.33. The summed E-state index contributed by atoms with van der Waals surface area (Å²) in [7, 11) is 1.26. The maximum absolute atomic E-state index is 12.8. The van der Waals surface area contributed by atoms with Crippen molar-refractivity contribution in [3.63, 3.8) is 0 Å². The maximum atomic E-state index is 12.8. The smallest absolute Gasteiger partial charge is 0.406 e. The lowest BCUT2D eigenvalue weighted by atomic mass is 9.92. The van der Waals surface area contributed by atoms with E-state index in [1.165, 1.54) is 31.3 Å². The van der Waals surface area contributed by atoms with Crippen molar-refractivity contribution >= 4 is 0 Å². The first kappa shape index (κ1) is 16.7. The lowest BCUT2D eigenvalue weighted by molar-refractivity contribution is -0.191. The van der Waals surface area contributed by atoms with E-state index in [0.29, 0.717) is 5.56 Å². The molecular weight excluding hydrogens is 281 g/mol. The lowest BCUT2D eigenvalue weighted by Gasteiger charge is -2.31. The van der Waals surface area contributed by atoms with E-state index in [1.807, 2.05) is 0 Å². The Kier molecular flexibility index (Phi) is 5.33. The van der Waals surface area contributed by atoms with Gasteiger partial charge in [-0.15, -0.1) is 0 Å². The van der Waals surface area contributed by atoms with Crippen molar-refractivity contribution in [1.29, 1.82) is 0 Å². The predicted octanol–water partition coefficient (Wildman–Crippen LogP) is 3.76. The number of ether oxygens (including phenoxy) is 1. The van der Waals surface area contributed by atoms with Gasteiger partial charge in [-0.25, -0.2) is 0 Å². The molecule has 0 aromatic heterocycles. The molecule has 0 bridgehead atoms. The van der Waals surface area contributed by atoms with Crippen LogP contribution in [0.25, 0.3) is 0 Å². The number of aryl methyl sites for hydroxylation is 1. The summed E-state index contributed by atoms with van der Waals surface area (Å²) in [5.74, 6) is -0.0176. The zero-order chi connectivity index (χ0) is 15.4. The number of hydrogen-bond donors (Lipinski definition) is 1. The minimum Gasteiger partial charge on any atom is -0.435 e. The van der Waals surface area contributed by atoms with Crippen LogP contribution >= 0.6 is 0 Å². The van der Waals surface area contributed by atoms with E-state index in [1.54, 1.807) is 0 Å². The second kappa shape index (κ2) is 6.39. The second-order valence-electron chi connectivity index (χ2n) is 4.60. The SMILES string of the molecule is CNC(C)(CCc1ccc(OC(F)F)cc1)C(F)(F)F. The van der Waals surface area contributed by atoms with Gasteiger partial charge in [-0.1, -0.05) is 12.1 Å². The molecule has 20 heavy (non-hydrogen) atoms. The molecule has 0 saturated heterocycles. The van der Waals surface area contributed by atoms with Crippen molar-refractivity contribution in [1.82, 2.24) is 5.32 Å². The first-order chi connectivity index (χ1) is 9.18. The Morgan fingerprint density at radius 3 is 2.10 bits per heavy atom. The van der Waals surface area contributed by atoms with Crippen LogP contribution in [-0.2, 0) is 6.42 Å². The molecule has 0 spiro atoms. The Bertz CT molecular complexity index is 418. The Balaban J connectivity index is 2.66. The molecule has 1 N–H and O–H groups in total. The van der Waals surface area contributed by atoms with E-state index in [0.717, 1.165) is 6.92 Å². The van der Waals surface area contributed by atoms with Crippen LogP contribution in [0.15, 0.2) is 24.3 Å². The first-order valence-corrected chi connectivity index (χ1v) is 5.97. The zero-order valence-electron chi connectivity index (χ0n) is 11.1. The van der Waals surface area contributed by atoms with Crippen molar-refractivity contribution in [2.45, 2.75) is 38.1 Å². The van der Waals surface area contributed by atoms with Crippen molar-refractivity contribution < 1.29 is 26.7 Å². The average Bonchev–Trinajstić information content (AvgIpc) is 2.35. The topological polar surface area (TPSA) is 21.3 Å². The summed E-state index contributed by atoms with van der Waals surface area (Å²) in [5.41, 5.74) is -1.36. The fourth-order valence-electron chi connectivity index (χ4n) is 1.64. The summed E-state index contributed by atoms with van der Waals surface area (Å²) in [6.45, 7) is -1.83. The zero-order valence-corrected chi connectivity index (χ0v) is 11.1. The highest BCUT2D eigenvalue weighted by atomic mass is 19.4. The molecule has 0 radical (unpaired) electrons. The number of nitrogens with one attached hydrogen (secondary N) is 1. The molecule has 1 aromatic rings. The van der Waals surface area contributed by atoms with Crippen LogP contribution in [0.2, 0.25) is 0 Å². The van der Waals surface area contributed by atoms with E-state index >= 15 is 0 Å². The van der Waals surface area contributed by atoms with Gasteiger partial charge in [0.05, 0.1) is 0 Å². The number of halogens is 5. The summed E-state index contributed by atoms with van der Waals surface area (Å²) in [6, 6.07) is 5.58. The van der Waals surface area contributed by atoms with Gasteiger partial charge in [0.1, 0.15) is 11.3 Å². The summed E-state index contributed by atoms with van der Waals surface area (Å²) in [5, 5.41) is 2.28. The quantitative estimate of drug-likeness (QED) is 0.807. The van der Waals surface area contributed by atoms with E-state index in [4.69, 9.17) is 0 Å². The fraction of sp³-hybridized carbons (Fsp3) is 0.538. The molecule has 0 aliphatic heterocycles. The monoisotopic (exact) mass is 297 g/mol. The van der Waals surface area contributed by atoms with Crippen molar-refractivity contribution in [3.8, 4) is 5.75 Å².